The van der Waals surface area contributed by atoms with E-state index in [9.17, 15) is 4.79 Å². The van der Waals surface area contributed by atoms with Crippen LogP contribution in [0.3, 0.4) is 0 Å². The largest absolute Gasteiger partial charge is 0.320 e. The number of hydrogen-bond acceptors (Lipinski definition) is 1. The molecule has 0 saturated carbocycles. The Morgan fingerprint density at radius 3 is 1.38 bits per heavy atom. The van der Waals surface area contributed by atoms with E-state index in [-0.39, 0.29) is 6.03 Å². The van der Waals surface area contributed by atoms with E-state index >= 15 is 0 Å². The van der Waals surface area contributed by atoms with Crippen LogP contribution >= 0.6 is 0 Å². The van der Waals surface area contributed by atoms with E-state index in [4.69, 9.17) is 0 Å². The summed E-state index contributed by atoms with van der Waals surface area (Å²) in [5.74, 6) is 0. The van der Waals surface area contributed by atoms with Crippen LogP contribution in [0.1, 0.15) is 36.5 Å². The molecule has 0 atom stereocenters. The Labute approximate surface area is 174 Å². The zero-order valence-corrected chi connectivity index (χ0v) is 17.2. The maximum absolute atomic E-state index is 13.6. The van der Waals surface area contributed by atoms with Gasteiger partial charge in [-0.15, -0.1) is 0 Å². The van der Waals surface area contributed by atoms with Crippen LogP contribution in [0.15, 0.2) is 91.0 Å². The quantitative estimate of drug-likeness (QED) is 0.435. The maximum Gasteiger partial charge on any atom is 0.320 e. The van der Waals surface area contributed by atoms with Gasteiger partial charge in [0.05, 0.1) is 0 Å². The molecule has 3 aromatic rings. The second-order valence-corrected chi connectivity index (χ2v) is 7.37. The Kier molecular flexibility index (Phi) is 7.88. The summed E-state index contributed by atoms with van der Waals surface area (Å²) < 4.78 is 0. The van der Waals surface area contributed by atoms with Crippen molar-refractivity contribution in [2.75, 3.05) is 6.54 Å². The molecule has 29 heavy (non-hydrogen) atoms. The van der Waals surface area contributed by atoms with Crippen molar-refractivity contribution in [3.8, 4) is 0 Å². The number of carbonyl (C=O) groups excluding carboxylic acids is 1. The third kappa shape index (κ3) is 6.49. The van der Waals surface area contributed by atoms with Gasteiger partial charge in [-0.2, -0.15) is 0 Å². The fourth-order valence-corrected chi connectivity index (χ4v) is 3.39. The Balaban J connectivity index is 1.82. The van der Waals surface area contributed by atoms with Gasteiger partial charge in [-0.25, -0.2) is 4.79 Å². The molecular formula is C26H30N2O. The van der Waals surface area contributed by atoms with Crippen LogP contribution in [0.25, 0.3) is 0 Å². The van der Waals surface area contributed by atoms with Gasteiger partial charge in [0.25, 0.3) is 0 Å². The molecule has 150 valence electrons. The number of urea groups is 1. The van der Waals surface area contributed by atoms with Crippen molar-refractivity contribution in [2.24, 2.45) is 0 Å². The normalized spacial score (nSPS) is 10.5. The number of nitrogens with zero attached hydrogens (tertiary/aromatic N) is 2. The van der Waals surface area contributed by atoms with E-state index in [1.165, 1.54) is 0 Å². The number of amides is 2. The van der Waals surface area contributed by atoms with Gasteiger partial charge in [0.2, 0.25) is 0 Å². The van der Waals surface area contributed by atoms with Gasteiger partial charge in [0.15, 0.2) is 0 Å². The molecule has 3 rings (SSSR count). The molecule has 0 fully saturated rings. The first-order valence-corrected chi connectivity index (χ1v) is 10.4. The molecule has 3 heteroatoms. The highest BCUT2D eigenvalue weighted by molar-refractivity contribution is 5.74. The number of benzene rings is 3. The van der Waals surface area contributed by atoms with Crippen LogP contribution in [0.4, 0.5) is 4.79 Å². The first-order valence-electron chi connectivity index (χ1n) is 10.4. The molecule has 0 aromatic heterocycles. The molecule has 3 aromatic carbocycles. The van der Waals surface area contributed by atoms with Crippen LogP contribution in [0, 0.1) is 0 Å². The summed E-state index contributed by atoms with van der Waals surface area (Å²) in [6.07, 6.45) is 2.07. The van der Waals surface area contributed by atoms with Gasteiger partial charge < -0.3 is 9.80 Å². The Morgan fingerprint density at radius 2 is 1.00 bits per heavy atom. The van der Waals surface area contributed by atoms with Crippen LogP contribution in [0.5, 0.6) is 0 Å². The fourth-order valence-electron chi connectivity index (χ4n) is 3.39. The van der Waals surface area contributed by atoms with Crippen molar-refractivity contribution in [1.29, 1.82) is 0 Å². The third-order valence-corrected chi connectivity index (χ3v) is 4.97. The lowest BCUT2D eigenvalue weighted by atomic mass is 10.1. The third-order valence-electron chi connectivity index (χ3n) is 4.97. The van der Waals surface area contributed by atoms with E-state index < -0.39 is 0 Å². The summed E-state index contributed by atoms with van der Waals surface area (Å²) in [5, 5.41) is 0. The van der Waals surface area contributed by atoms with Crippen molar-refractivity contribution >= 4 is 6.03 Å². The number of unbranched alkanes of at least 4 members (excludes halogenated alkanes) is 1. The van der Waals surface area contributed by atoms with Gasteiger partial charge in [0, 0.05) is 26.2 Å². The second kappa shape index (κ2) is 11.1. The van der Waals surface area contributed by atoms with Crippen LogP contribution in [0.2, 0.25) is 0 Å². The van der Waals surface area contributed by atoms with Crippen molar-refractivity contribution < 1.29 is 4.79 Å². The van der Waals surface area contributed by atoms with Gasteiger partial charge in [-0.1, -0.05) is 104 Å². The van der Waals surface area contributed by atoms with Crippen LogP contribution < -0.4 is 0 Å². The standard InChI is InChI=1S/C26H30N2O/c1-2-3-19-27(20-23-13-7-4-8-14-23)26(29)28(21-24-15-9-5-10-16-24)22-25-17-11-6-12-18-25/h4-18H,2-3,19-22H2,1H3. The molecular weight excluding hydrogens is 356 g/mol. The highest BCUT2D eigenvalue weighted by atomic mass is 16.2. The van der Waals surface area contributed by atoms with E-state index in [2.05, 4.69) is 43.3 Å². The molecule has 0 saturated heterocycles. The van der Waals surface area contributed by atoms with Crippen molar-refractivity contribution in [3.63, 3.8) is 0 Å². The summed E-state index contributed by atoms with van der Waals surface area (Å²) in [5.41, 5.74) is 3.45. The average molecular weight is 387 g/mol. The Hall–Kier alpha value is -3.07. The molecule has 2 amide bonds. The first-order chi connectivity index (χ1) is 14.3. The van der Waals surface area contributed by atoms with Gasteiger partial charge in [-0.3, -0.25) is 0 Å². The molecule has 0 heterocycles. The Bertz CT molecular complexity index is 808. The monoisotopic (exact) mass is 386 g/mol. The molecule has 0 spiro atoms. The molecule has 0 radical (unpaired) electrons. The minimum atomic E-state index is 0.0926. The molecule has 0 unspecified atom stereocenters. The number of carbonyl (C=O) groups is 1. The summed E-state index contributed by atoms with van der Waals surface area (Å²) in [7, 11) is 0. The lowest BCUT2D eigenvalue weighted by Gasteiger charge is -2.31. The summed E-state index contributed by atoms with van der Waals surface area (Å²) >= 11 is 0. The van der Waals surface area contributed by atoms with Gasteiger partial charge in [0.1, 0.15) is 0 Å². The Morgan fingerprint density at radius 1 is 0.621 bits per heavy atom. The van der Waals surface area contributed by atoms with Gasteiger partial charge in [-0.05, 0) is 23.1 Å². The summed E-state index contributed by atoms with van der Waals surface area (Å²) in [4.78, 5) is 17.6. The molecule has 3 nitrogen and oxygen atoms in total. The van der Waals surface area contributed by atoms with Crippen molar-refractivity contribution in [1.82, 2.24) is 9.80 Å². The second-order valence-electron chi connectivity index (χ2n) is 7.37. The average Bonchev–Trinajstić information content (AvgIpc) is 2.78. The lowest BCUT2D eigenvalue weighted by Crippen LogP contribution is -2.42. The molecule has 0 N–H and O–H groups in total. The molecule has 0 bridgehead atoms. The highest BCUT2D eigenvalue weighted by Gasteiger charge is 2.21. The van der Waals surface area contributed by atoms with Crippen LogP contribution in [-0.2, 0) is 19.6 Å². The topological polar surface area (TPSA) is 23.6 Å². The fraction of sp³-hybridized carbons (Fsp3) is 0.269. The van der Waals surface area contributed by atoms with E-state index in [0.29, 0.717) is 19.6 Å². The zero-order valence-electron chi connectivity index (χ0n) is 17.2. The maximum atomic E-state index is 13.6. The predicted octanol–water partition coefficient (Wildman–Crippen LogP) is 6.11. The predicted molar refractivity (Wildman–Crippen MR) is 119 cm³/mol. The van der Waals surface area contributed by atoms with E-state index in [1.54, 1.807) is 0 Å². The van der Waals surface area contributed by atoms with E-state index in [0.717, 1.165) is 36.1 Å². The summed E-state index contributed by atoms with van der Waals surface area (Å²) in [6, 6.07) is 30.8. The zero-order chi connectivity index (χ0) is 20.3. The van der Waals surface area contributed by atoms with Gasteiger partial charge >= 0.3 is 6.03 Å². The lowest BCUT2D eigenvalue weighted by molar-refractivity contribution is 0.143. The minimum Gasteiger partial charge on any atom is -0.320 e. The highest BCUT2D eigenvalue weighted by Crippen LogP contribution is 2.15. The van der Waals surface area contributed by atoms with Crippen molar-refractivity contribution in [2.45, 2.75) is 39.4 Å². The minimum absolute atomic E-state index is 0.0926. The summed E-state index contributed by atoms with van der Waals surface area (Å²) in [6.45, 7) is 4.78. The molecule has 0 aliphatic heterocycles. The van der Waals surface area contributed by atoms with Crippen molar-refractivity contribution in [3.05, 3.63) is 108 Å². The number of rotatable bonds is 9. The first kappa shape index (κ1) is 20.7. The molecule has 0 aliphatic rings. The smallest absolute Gasteiger partial charge is 0.320 e. The SMILES string of the molecule is CCCCN(Cc1ccccc1)C(=O)N(Cc1ccccc1)Cc1ccccc1. The molecule has 0 aliphatic carbocycles. The van der Waals surface area contributed by atoms with E-state index in [1.807, 2.05) is 64.4 Å². The van der Waals surface area contributed by atoms with Crippen LogP contribution in [-0.4, -0.2) is 22.4 Å². The number of hydrogen-bond donors (Lipinski definition) is 0.